The van der Waals surface area contributed by atoms with Crippen LogP contribution in [0.1, 0.15) is 24.1 Å². The zero-order chi connectivity index (χ0) is 13.9. The molecule has 0 unspecified atom stereocenters. The fraction of sp³-hybridized carbons (Fsp3) is 0.467. The molecule has 1 N–H and O–H groups in total. The van der Waals surface area contributed by atoms with Gasteiger partial charge in [0, 0.05) is 37.9 Å². The van der Waals surface area contributed by atoms with Crippen LogP contribution >= 0.6 is 0 Å². The lowest BCUT2D eigenvalue weighted by molar-refractivity contribution is 0.738. The molecule has 0 atom stereocenters. The fourth-order valence-corrected chi connectivity index (χ4v) is 2.54. The van der Waals surface area contributed by atoms with Gasteiger partial charge in [0.2, 0.25) is 0 Å². The standard InChI is InChI=1S/C15H21N5/c1-12-13(10-18-19(12)2)9-16-14-5-6-15(17-11-14)20-7-3-4-8-20/h5-6,10-11,16H,3-4,7-9H2,1-2H3. The molecule has 0 saturated carbocycles. The first-order valence-corrected chi connectivity index (χ1v) is 7.16. The molecule has 0 amide bonds. The molecule has 3 rings (SSSR count). The lowest BCUT2D eigenvalue weighted by Crippen LogP contribution is -2.18. The van der Waals surface area contributed by atoms with Crippen LogP contribution in [-0.4, -0.2) is 27.9 Å². The van der Waals surface area contributed by atoms with Gasteiger partial charge in [0.1, 0.15) is 5.82 Å². The summed E-state index contributed by atoms with van der Waals surface area (Å²) in [5.74, 6) is 1.09. The van der Waals surface area contributed by atoms with Crippen LogP contribution in [0.25, 0.3) is 0 Å². The fourth-order valence-electron chi connectivity index (χ4n) is 2.54. The summed E-state index contributed by atoms with van der Waals surface area (Å²) in [5, 5.41) is 7.65. The van der Waals surface area contributed by atoms with Crippen LogP contribution in [0.2, 0.25) is 0 Å². The van der Waals surface area contributed by atoms with E-state index in [9.17, 15) is 0 Å². The van der Waals surface area contributed by atoms with Gasteiger partial charge in [-0.3, -0.25) is 4.68 Å². The van der Waals surface area contributed by atoms with Gasteiger partial charge in [-0.05, 0) is 31.9 Å². The van der Waals surface area contributed by atoms with E-state index in [1.54, 1.807) is 0 Å². The number of aryl methyl sites for hydroxylation is 1. The summed E-state index contributed by atoms with van der Waals surface area (Å²) in [6.07, 6.45) is 6.39. The molecule has 0 aromatic carbocycles. The molecule has 5 heteroatoms. The maximum absolute atomic E-state index is 4.54. The molecule has 106 valence electrons. The Balaban J connectivity index is 1.62. The molecule has 0 radical (unpaired) electrons. The van der Waals surface area contributed by atoms with Crippen molar-refractivity contribution in [2.24, 2.45) is 7.05 Å². The van der Waals surface area contributed by atoms with Crippen LogP contribution in [0.4, 0.5) is 11.5 Å². The van der Waals surface area contributed by atoms with Gasteiger partial charge in [0.15, 0.2) is 0 Å². The van der Waals surface area contributed by atoms with Crippen molar-refractivity contribution in [3.63, 3.8) is 0 Å². The van der Waals surface area contributed by atoms with Gasteiger partial charge in [0.05, 0.1) is 18.1 Å². The minimum atomic E-state index is 0.782. The van der Waals surface area contributed by atoms with E-state index in [0.717, 1.165) is 31.1 Å². The van der Waals surface area contributed by atoms with Crippen molar-refractivity contribution in [3.05, 3.63) is 35.8 Å². The van der Waals surface area contributed by atoms with Crippen molar-refractivity contribution in [3.8, 4) is 0 Å². The Morgan fingerprint density at radius 1 is 1.20 bits per heavy atom. The highest BCUT2D eigenvalue weighted by Gasteiger charge is 2.12. The molecular weight excluding hydrogens is 250 g/mol. The van der Waals surface area contributed by atoms with Gasteiger partial charge >= 0.3 is 0 Å². The summed E-state index contributed by atoms with van der Waals surface area (Å²) in [7, 11) is 1.96. The van der Waals surface area contributed by atoms with Crippen molar-refractivity contribution in [1.82, 2.24) is 14.8 Å². The van der Waals surface area contributed by atoms with Crippen molar-refractivity contribution in [2.75, 3.05) is 23.3 Å². The lowest BCUT2D eigenvalue weighted by atomic mass is 10.2. The predicted octanol–water partition coefficient (Wildman–Crippen LogP) is 2.34. The Morgan fingerprint density at radius 3 is 2.60 bits per heavy atom. The monoisotopic (exact) mass is 271 g/mol. The van der Waals surface area contributed by atoms with Crippen molar-refractivity contribution in [1.29, 1.82) is 0 Å². The molecule has 1 aliphatic rings. The van der Waals surface area contributed by atoms with E-state index >= 15 is 0 Å². The molecule has 2 aromatic heterocycles. The van der Waals surface area contributed by atoms with Gasteiger partial charge in [-0.15, -0.1) is 0 Å². The van der Waals surface area contributed by atoms with Gasteiger partial charge in [-0.25, -0.2) is 4.98 Å². The van der Waals surface area contributed by atoms with Crippen molar-refractivity contribution in [2.45, 2.75) is 26.3 Å². The quantitative estimate of drug-likeness (QED) is 0.927. The first kappa shape index (κ1) is 13.0. The van der Waals surface area contributed by atoms with E-state index in [1.807, 2.05) is 24.1 Å². The largest absolute Gasteiger partial charge is 0.380 e. The van der Waals surface area contributed by atoms with E-state index in [0.29, 0.717) is 0 Å². The number of anilines is 2. The molecule has 20 heavy (non-hydrogen) atoms. The normalized spacial score (nSPS) is 14.8. The molecule has 2 aromatic rings. The molecular formula is C15H21N5. The lowest BCUT2D eigenvalue weighted by Gasteiger charge is -2.16. The molecule has 5 nitrogen and oxygen atoms in total. The van der Waals surface area contributed by atoms with Crippen LogP contribution in [0.15, 0.2) is 24.5 Å². The van der Waals surface area contributed by atoms with Gasteiger partial charge in [0.25, 0.3) is 0 Å². The second-order valence-electron chi connectivity index (χ2n) is 5.33. The maximum atomic E-state index is 4.54. The highest BCUT2D eigenvalue weighted by atomic mass is 15.3. The van der Waals surface area contributed by atoms with Gasteiger partial charge < -0.3 is 10.2 Å². The number of hydrogen-bond donors (Lipinski definition) is 1. The maximum Gasteiger partial charge on any atom is 0.128 e. The summed E-state index contributed by atoms with van der Waals surface area (Å²) >= 11 is 0. The van der Waals surface area contributed by atoms with E-state index in [1.165, 1.54) is 24.1 Å². The summed E-state index contributed by atoms with van der Waals surface area (Å²) < 4.78 is 1.89. The SMILES string of the molecule is Cc1c(CNc2ccc(N3CCCC3)nc2)cnn1C. The summed E-state index contributed by atoms with van der Waals surface area (Å²) in [6, 6.07) is 4.20. The molecule has 1 fully saturated rings. The Labute approximate surface area is 119 Å². The number of hydrogen-bond acceptors (Lipinski definition) is 4. The molecule has 0 bridgehead atoms. The third kappa shape index (κ3) is 2.61. The molecule has 0 aliphatic carbocycles. The summed E-state index contributed by atoms with van der Waals surface area (Å²) in [6.45, 7) is 5.13. The van der Waals surface area contributed by atoms with Crippen LogP contribution in [0.3, 0.4) is 0 Å². The van der Waals surface area contributed by atoms with Gasteiger partial charge in [-0.1, -0.05) is 0 Å². The van der Waals surface area contributed by atoms with E-state index < -0.39 is 0 Å². The third-order valence-electron chi connectivity index (χ3n) is 4.00. The predicted molar refractivity (Wildman–Crippen MR) is 81.0 cm³/mol. The Bertz CT molecular complexity index is 566. The Kier molecular flexibility index (Phi) is 3.58. The average molecular weight is 271 g/mol. The van der Waals surface area contributed by atoms with E-state index in [2.05, 4.69) is 39.4 Å². The van der Waals surface area contributed by atoms with Crippen LogP contribution in [-0.2, 0) is 13.6 Å². The third-order valence-corrected chi connectivity index (χ3v) is 4.00. The van der Waals surface area contributed by atoms with Crippen molar-refractivity contribution >= 4 is 11.5 Å². The van der Waals surface area contributed by atoms with E-state index in [-0.39, 0.29) is 0 Å². The average Bonchev–Trinajstić information content (AvgIpc) is 3.10. The summed E-state index contributed by atoms with van der Waals surface area (Å²) in [5.41, 5.74) is 3.46. The summed E-state index contributed by atoms with van der Waals surface area (Å²) in [4.78, 5) is 6.89. The molecule has 1 aliphatic heterocycles. The second-order valence-corrected chi connectivity index (χ2v) is 5.33. The van der Waals surface area contributed by atoms with E-state index in [4.69, 9.17) is 0 Å². The molecule has 1 saturated heterocycles. The topological polar surface area (TPSA) is 46.0 Å². The first-order valence-electron chi connectivity index (χ1n) is 7.16. The van der Waals surface area contributed by atoms with Crippen LogP contribution in [0.5, 0.6) is 0 Å². The number of rotatable bonds is 4. The van der Waals surface area contributed by atoms with Crippen LogP contribution < -0.4 is 10.2 Å². The zero-order valence-electron chi connectivity index (χ0n) is 12.1. The number of nitrogens with one attached hydrogen (secondary N) is 1. The second kappa shape index (κ2) is 5.53. The number of pyridine rings is 1. The molecule has 0 spiro atoms. The Hall–Kier alpha value is -2.04. The molecule has 3 heterocycles. The highest BCUT2D eigenvalue weighted by Crippen LogP contribution is 2.19. The zero-order valence-corrected chi connectivity index (χ0v) is 12.1. The number of nitrogens with zero attached hydrogens (tertiary/aromatic N) is 4. The van der Waals surface area contributed by atoms with Crippen LogP contribution in [0, 0.1) is 6.92 Å². The van der Waals surface area contributed by atoms with Crippen molar-refractivity contribution < 1.29 is 0 Å². The first-order chi connectivity index (χ1) is 9.74. The highest BCUT2D eigenvalue weighted by molar-refractivity contribution is 5.49. The smallest absolute Gasteiger partial charge is 0.128 e. The minimum absolute atomic E-state index is 0.782. The minimum Gasteiger partial charge on any atom is -0.380 e. The Morgan fingerprint density at radius 2 is 2.00 bits per heavy atom. The number of aromatic nitrogens is 3. The van der Waals surface area contributed by atoms with Gasteiger partial charge in [-0.2, -0.15) is 5.10 Å².